The molecule has 0 bridgehead atoms. The van der Waals surface area contributed by atoms with Crippen molar-refractivity contribution >= 4 is 11.9 Å². The van der Waals surface area contributed by atoms with Crippen LogP contribution in [0.25, 0.3) is 0 Å². The Kier molecular flexibility index (Phi) is 20.5. The number of nitrogens with zero attached hydrogens (tertiary/aromatic N) is 1. The van der Waals surface area contributed by atoms with Crippen LogP contribution in [0.2, 0.25) is 0 Å². The summed E-state index contributed by atoms with van der Waals surface area (Å²) in [5, 5.41) is 17.7. The van der Waals surface area contributed by atoms with Gasteiger partial charge in [-0.25, -0.2) is 0 Å². The summed E-state index contributed by atoms with van der Waals surface area (Å²) in [5.41, 5.74) is 10.2. The number of nitrogens with two attached hydrogens (primary N) is 2. The van der Waals surface area contributed by atoms with Crippen molar-refractivity contribution in [3.63, 3.8) is 0 Å². The van der Waals surface area contributed by atoms with Crippen molar-refractivity contribution in [2.75, 3.05) is 32.7 Å². The highest BCUT2D eigenvalue weighted by Gasteiger charge is 2.24. The van der Waals surface area contributed by atoms with Crippen LogP contribution in [-0.2, 0) is 4.79 Å². The quantitative estimate of drug-likeness (QED) is 0.107. The first-order valence-electron chi connectivity index (χ1n) is 11.7. The van der Waals surface area contributed by atoms with Gasteiger partial charge in [0.1, 0.15) is 6.04 Å². The number of nitrogens with one attached hydrogen (secondary N) is 2. The monoisotopic (exact) mass is 416 g/mol. The smallest absolute Gasteiger partial charge is 0.320 e. The number of carboxylic acids is 1. The number of guanidine groups is 1. The molecular formula is C22H50N5O2+. The van der Waals surface area contributed by atoms with E-state index in [1.165, 1.54) is 82.0 Å². The average molecular weight is 417 g/mol. The van der Waals surface area contributed by atoms with Crippen LogP contribution in [0.5, 0.6) is 0 Å². The van der Waals surface area contributed by atoms with Gasteiger partial charge in [0.25, 0.3) is 0 Å². The van der Waals surface area contributed by atoms with Crippen molar-refractivity contribution < 1.29 is 14.4 Å². The lowest BCUT2D eigenvalue weighted by molar-refractivity contribution is -0.929. The first-order chi connectivity index (χ1) is 13.8. The zero-order chi connectivity index (χ0) is 22.5. The zero-order valence-corrected chi connectivity index (χ0v) is 19.6. The number of hydrogen-bond acceptors (Lipinski definition) is 3. The van der Waals surface area contributed by atoms with Gasteiger partial charge < -0.3 is 26.4 Å². The molecule has 7 N–H and O–H groups in total. The van der Waals surface area contributed by atoms with Crippen molar-refractivity contribution in [1.82, 2.24) is 5.32 Å². The minimum Gasteiger partial charge on any atom is -0.480 e. The fourth-order valence-electron chi connectivity index (χ4n) is 3.31. The molecule has 7 heteroatoms. The van der Waals surface area contributed by atoms with E-state index in [0.29, 0.717) is 19.4 Å². The van der Waals surface area contributed by atoms with Gasteiger partial charge >= 0.3 is 5.97 Å². The Bertz CT molecular complexity index is 367. The van der Waals surface area contributed by atoms with Gasteiger partial charge in [-0.2, -0.15) is 0 Å². The first-order valence-corrected chi connectivity index (χ1v) is 11.7. The molecule has 0 aromatic rings. The number of hydrogen-bond donors (Lipinski definition) is 5. The number of quaternary nitrogens is 1. The second-order valence-corrected chi connectivity index (χ2v) is 8.08. The van der Waals surface area contributed by atoms with E-state index < -0.39 is 12.0 Å². The Morgan fingerprint density at radius 3 is 1.55 bits per heavy atom. The van der Waals surface area contributed by atoms with E-state index in [9.17, 15) is 4.79 Å². The largest absolute Gasteiger partial charge is 0.480 e. The van der Waals surface area contributed by atoms with Crippen LogP contribution in [-0.4, -0.2) is 60.3 Å². The van der Waals surface area contributed by atoms with Gasteiger partial charge in [-0.05, 0) is 38.5 Å². The molecule has 1 atom stereocenters. The van der Waals surface area contributed by atoms with Crippen molar-refractivity contribution in [2.45, 2.75) is 97.9 Å². The lowest BCUT2D eigenvalue weighted by Gasteiger charge is -2.39. The minimum absolute atomic E-state index is 0.112. The molecule has 7 nitrogen and oxygen atoms in total. The van der Waals surface area contributed by atoms with Crippen LogP contribution >= 0.6 is 0 Å². The fraction of sp³-hybridized carbons (Fsp3) is 0.909. The third-order valence-corrected chi connectivity index (χ3v) is 5.27. The van der Waals surface area contributed by atoms with E-state index >= 15 is 0 Å². The molecule has 0 saturated carbocycles. The lowest BCUT2D eigenvalue weighted by atomic mass is 10.1. The van der Waals surface area contributed by atoms with Crippen molar-refractivity contribution in [3.05, 3.63) is 0 Å². The molecule has 0 aromatic heterocycles. The first kappa shape index (κ1) is 29.9. The van der Waals surface area contributed by atoms with Gasteiger partial charge in [0.05, 0.1) is 26.2 Å². The topological polar surface area (TPSA) is 125 Å². The molecule has 0 aliphatic heterocycles. The maximum atomic E-state index is 10.2. The summed E-state index contributed by atoms with van der Waals surface area (Å²) in [6.07, 6.45) is 12.0. The van der Waals surface area contributed by atoms with Crippen LogP contribution in [0.1, 0.15) is 91.9 Å². The Morgan fingerprint density at radius 1 is 0.897 bits per heavy atom. The molecular weight excluding hydrogens is 366 g/mol. The molecule has 0 radical (unpaired) electrons. The summed E-state index contributed by atoms with van der Waals surface area (Å²) < 4.78 is 1.42. The van der Waals surface area contributed by atoms with Crippen molar-refractivity contribution in [3.8, 4) is 0 Å². The van der Waals surface area contributed by atoms with Crippen LogP contribution in [0, 0.1) is 5.41 Å². The number of aliphatic carboxylic acids is 1. The molecule has 0 fully saturated rings. The molecule has 0 spiro atoms. The van der Waals surface area contributed by atoms with Crippen molar-refractivity contribution in [2.24, 2.45) is 11.5 Å². The molecule has 0 amide bonds. The maximum absolute atomic E-state index is 10.2. The third-order valence-electron chi connectivity index (χ3n) is 5.27. The molecule has 29 heavy (non-hydrogen) atoms. The number of carbonyl (C=O) groups is 1. The molecule has 0 rings (SSSR count). The molecule has 0 saturated heterocycles. The Morgan fingerprint density at radius 2 is 1.28 bits per heavy atom. The molecule has 0 aliphatic carbocycles. The highest BCUT2D eigenvalue weighted by atomic mass is 16.4. The normalized spacial score (nSPS) is 12.0. The summed E-state index contributed by atoms with van der Waals surface area (Å²) in [5.74, 6) is -1.11. The standard InChI is InChI=1S/C16H36N.C6H14N4O2/c1-5-9-13-17(14-10-6-2,15-11-7-3)16-12-8-4;7-4(5(11)12)2-1-3-10-6(8)9/h5-16H2,1-4H3;4H,1-3,7H2,(H,11,12)(H4,8,9,10)/q+1;/t;4-/m.0/s1. The van der Waals surface area contributed by atoms with Crippen LogP contribution in [0.15, 0.2) is 0 Å². The molecule has 0 heterocycles. The lowest BCUT2D eigenvalue weighted by Crippen LogP contribution is -2.50. The number of rotatable bonds is 17. The third kappa shape index (κ3) is 18.4. The molecule has 0 unspecified atom stereocenters. The predicted molar refractivity (Wildman–Crippen MR) is 124 cm³/mol. The second-order valence-electron chi connectivity index (χ2n) is 8.08. The fourth-order valence-corrected chi connectivity index (χ4v) is 3.31. The summed E-state index contributed by atoms with van der Waals surface area (Å²) in [6, 6.07) is -0.821. The van der Waals surface area contributed by atoms with Gasteiger partial charge in [0, 0.05) is 6.54 Å². The van der Waals surface area contributed by atoms with Crippen LogP contribution in [0.3, 0.4) is 0 Å². The molecule has 174 valence electrons. The summed E-state index contributed by atoms with van der Waals surface area (Å²) in [6.45, 7) is 15.5. The van der Waals surface area contributed by atoms with Gasteiger partial charge in [0.2, 0.25) is 0 Å². The average Bonchev–Trinajstić information content (AvgIpc) is 2.70. The van der Waals surface area contributed by atoms with Crippen LogP contribution in [0.4, 0.5) is 0 Å². The van der Waals surface area contributed by atoms with Gasteiger partial charge in [-0.1, -0.05) is 53.4 Å². The zero-order valence-electron chi connectivity index (χ0n) is 19.6. The Labute approximate surface area is 179 Å². The van der Waals surface area contributed by atoms with E-state index in [1.807, 2.05) is 0 Å². The van der Waals surface area contributed by atoms with Crippen LogP contribution < -0.4 is 16.8 Å². The van der Waals surface area contributed by atoms with E-state index in [-0.39, 0.29) is 5.96 Å². The number of carboxylic acid groups (broad SMARTS) is 1. The predicted octanol–water partition coefficient (Wildman–Crippen LogP) is 3.67. The van der Waals surface area contributed by atoms with E-state index in [0.717, 1.165) is 0 Å². The second kappa shape index (κ2) is 20.0. The van der Waals surface area contributed by atoms with Gasteiger partial charge in [-0.3, -0.25) is 10.2 Å². The number of unbranched alkanes of at least 4 members (excludes halogenated alkanes) is 4. The summed E-state index contributed by atoms with van der Waals surface area (Å²) in [4.78, 5) is 10.2. The Balaban J connectivity index is 0. The summed E-state index contributed by atoms with van der Waals surface area (Å²) in [7, 11) is 0. The van der Waals surface area contributed by atoms with E-state index in [2.05, 4.69) is 33.0 Å². The molecule has 0 aliphatic rings. The van der Waals surface area contributed by atoms with Gasteiger partial charge in [-0.15, -0.1) is 0 Å². The van der Waals surface area contributed by atoms with E-state index in [4.69, 9.17) is 22.0 Å². The molecule has 0 aromatic carbocycles. The highest BCUT2D eigenvalue weighted by molar-refractivity contribution is 5.74. The SMILES string of the molecule is CCCC[N+](CCCC)(CCCC)CCCC.N=C(N)NCCC[C@H](N)C(=O)O. The van der Waals surface area contributed by atoms with Gasteiger partial charge in [0.15, 0.2) is 5.96 Å². The minimum atomic E-state index is -1.00. The highest BCUT2D eigenvalue weighted by Crippen LogP contribution is 2.16. The Hall–Kier alpha value is -1.34. The van der Waals surface area contributed by atoms with Crippen molar-refractivity contribution in [1.29, 1.82) is 5.41 Å². The maximum Gasteiger partial charge on any atom is 0.320 e. The summed E-state index contributed by atoms with van der Waals surface area (Å²) >= 11 is 0. The van der Waals surface area contributed by atoms with E-state index in [1.54, 1.807) is 0 Å².